The third-order valence-electron chi connectivity index (χ3n) is 2.68. The molecular weight excluding hydrogens is 184 g/mol. The molecule has 15 heavy (non-hydrogen) atoms. The van der Waals surface area contributed by atoms with E-state index in [1.165, 1.54) is 25.7 Å². The summed E-state index contributed by atoms with van der Waals surface area (Å²) >= 11 is 0. The fourth-order valence-electron chi connectivity index (χ4n) is 1.95. The lowest BCUT2D eigenvalue weighted by atomic mass is 9.99. The zero-order valence-corrected chi connectivity index (χ0v) is 11.0. The number of ether oxygens (including phenoxy) is 1. The molecule has 1 rings (SSSR count). The minimum absolute atomic E-state index is 0.289. The summed E-state index contributed by atoms with van der Waals surface area (Å²) in [5.74, 6) is 0. The van der Waals surface area contributed by atoms with Gasteiger partial charge in [0.15, 0.2) is 0 Å². The first-order chi connectivity index (χ1) is 6.99. The maximum atomic E-state index is 5.97. The van der Waals surface area contributed by atoms with Crippen LogP contribution in [0.1, 0.15) is 60.3 Å². The van der Waals surface area contributed by atoms with Crippen molar-refractivity contribution in [2.75, 3.05) is 6.61 Å². The summed E-state index contributed by atoms with van der Waals surface area (Å²) in [7, 11) is 0. The number of hydrogen-bond acceptors (Lipinski definition) is 1. The van der Waals surface area contributed by atoms with Crippen LogP contribution in [0.5, 0.6) is 0 Å². The second-order valence-corrected chi connectivity index (χ2v) is 5.80. The van der Waals surface area contributed by atoms with E-state index in [0.717, 1.165) is 6.61 Å². The third-order valence-corrected chi connectivity index (χ3v) is 2.68. The Labute approximate surface area is 94.9 Å². The van der Waals surface area contributed by atoms with Crippen molar-refractivity contribution in [2.24, 2.45) is 5.41 Å². The van der Waals surface area contributed by atoms with Gasteiger partial charge in [0.05, 0.1) is 6.61 Å². The van der Waals surface area contributed by atoms with Gasteiger partial charge >= 0.3 is 0 Å². The highest BCUT2D eigenvalue weighted by atomic mass is 16.5. The first-order valence-electron chi connectivity index (χ1n) is 6.33. The van der Waals surface area contributed by atoms with Crippen molar-refractivity contribution in [2.45, 2.75) is 66.4 Å². The topological polar surface area (TPSA) is 9.23 Å². The number of hydrogen-bond donors (Lipinski definition) is 0. The van der Waals surface area contributed by atoms with Crippen LogP contribution in [-0.4, -0.2) is 12.7 Å². The van der Waals surface area contributed by atoms with Crippen molar-refractivity contribution in [3.63, 3.8) is 0 Å². The van der Waals surface area contributed by atoms with E-state index in [4.69, 9.17) is 4.74 Å². The zero-order valence-electron chi connectivity index (χ0n) is 11.0. The summed E-state index contributed by atoms with van der Waals surface area (Å²) in [6.07, 6.45) is 5.40. The predicted octanol–water partition coefficient (Wildman–Crippen LogP) is 4.33. The van der Waals surface area contributed by atoms with Crippen LogP contribution < -0.4 is 0 Å². The molecule has 0 spiro atoms. The molecule has 0 unspecified atom stereocenters. The van der Waals surface area contributed by atoms with Gasteiger partial charge in [-0.25, -0.2) is 0 Å². The summed E-state index contributed by atoms with van der Waals surface area (Å²) in [4.78, 5) is 0. The summed E-state index contributed by atoms with van der Waals surface area (Å²) in [6.45, 7) is 12.1. The van der Waals surface area contributed by atoms with Crippen molar-refractivity contribution in [1.29, 1.82) is 0 Å². The fraction of sp³-hybridized carbons (Fsp3) is 0.857. The van der Waals surface area contributed by atoms with Gasteiger partial charge < -0.3 is 4.74 Å². The van der Waals surface area contributed by atoms with E-state index in [-0.39, 0.29) is 5.41 Å². The summed E-state index contributed by atoms with van der Waals surface area (Å²) < 4.78 is 5.97. The predicted molar refractivity (Wildman–Crippen MR) is 66.0 cm³/mol. The highest BCUT2D eigenvalue weighted by Gasteiger charge is 2.35. The van der Waals surface area contributed by atoms with Crippen molar-refractivity contribution in [3.8, 4) is 0 Å². The van der Waals surface area contributed by atoms with Gasteiger partial charge in [-0.3, -0.25) is 0 Å². The molecule has 0 fully saturated rings. The van der Waals surface area contributed by atoms with E-state index in [1.54, 1.807) is 11.1 Å². The van der Waals surface area contributed by atoms with Gasteiger partial charge in [-0.2, -0.15) is 0 Å². The van der Waals surface area contributed by atoms with Crippen LogP contribution in [0, 0.1) is 5.41 Å². The van der Waals surface area contributed by atoms with Gasteiger partial charge in [0.25, 0.3) is 0 Å². The molecule has 1 aliphatic rings. The van der Waals surface area contributed by atoms with E-state index in [0.29, 0.717) is 6.10 Å². The minimum atomic E-state index is 0.289. The summed E-state index contributed by atoms with van der Waals surface area (Å²) in [5, 5.41) is 0. The molecule has 0 aliphatic heterocycles. The first-order valence-corrected chi connectivity index (χ1v) is 6.33. The second-order valence-electron chi connectivity index (χ2n) is 5.80. The van der Waals surface area contributed by atoms with Crippen LogP contribution in [0.4, 0.5) is 0 Å². The Bertz CT molecular complexity index is 216. The largest absolute Gasteiger partial charge is 0.369 e. The van der Waals surface area contributed by atoms with E-state index in [2.05, 4.69) is 34.6 Å². The Balaban J connectivity index is 2.34. The maximum absolute atomic E-state index is 5.97. The quantitative estimate of drug-likeness (QED) is 0.593. The van der Waals surface area contributed by atoms with E-state index >= 15 is 0 Å². The Morgan fingerprint density at radius 2 is 1.47 bits per heavy atom. The van der Waals surface area contributed by atoms with E-state index in [1.807, 2.05) is 0 Å². The fourth-order valence-corrected chi connectivity index (χ4v) is 1.95. The molecule has 0 radical (unpaired) electrons. The molecule has 1 nitrogen and oxygen atoms in total. The average Bonchev–Trinajstić information content (AvgIpc) is 2.75. The Morgan fingerprint density at radius 3 is 1.80 bits per heavy atom. The molecule has 0 amide bonds. The summed E-state index contributed by atoms with van der Waals surface area (Å²) in [5.41, 5.74) is 3.49. The maximum Gasteiger partial charge on any atom is 0.100 e. The van der Waals surface area contributed by atoms with Crippen molar-refractivity contribution in [3.05, 3.63) is 11.1 Å². The van der Waals surface area contributed by atoms with Crippen LogP contribution in [0.25, 0.3) is 0 Å². The van der Waals surface area contributed by atoms with Crippen LogP contribution in [0.3, 0.4) is 0 Å². The molecule has 0 aromatic heterocycles. The Kier molecular flexibility index (Phi) is 4.39. The monoisotopic (exact) mass is 210 g/mol. The lowest BCUT2D eigenvalue weighted by Crippen LogP contribution is -2.17. The van der Waals surface area contributed by atoms with Crippen LogP contribution in [0.15, 0.2) is 11.1 Å². The van der Waals surface area contributed by atoms with E-state index < -0.39 is 0 Å². The van der Waals surface area contributed by atoms with Crippen molar-refractivity contribution in [1.82, 2.24) is 0 Å². The molecule has 0 aromatic rings. The lowest BCUT2D eigenvalue weighted by molar-refractivity contribution is 0.0630. The standard InChI is InChI=1S/C14H26O/c1-6-8-11-12(9-7-2)13(11)15-10-14(3,4)5/h13H,6-10H2,1-5H3. The SMILES string of the molecule is CCCC1=C(CCC)C1OCC(C)(C)C. The van der Waals surface area contributed by atoms with Gasteiger partial charge in [0, 0.05) is 0 Å². The van der Waals surface area contributed by atoms with Gasteiger partial charge in [-0.05, 0) is 29.4 Å². The highest BCUT2D eigenvalue weighted by Crippen LogP contribution is 2.41. The average molecular weight is 210 g/mol. The lowest BCUT2D eigenvalue weighted by Gasteiger charge is -2.18. The van der Waals surface area contributed by atoms with Crippen LogP contribution in [-0.2, 0) is 4.74 Å². The molecule has 0 atom stereocenters. The van der Waals surface area contributed by atoms with Crippen LogP contribution >= 0.6 is 0 Å². The third kappa shape index (κ3) is 3.98. The molecule has 1 heteroatoms. The Morgan fingerprint density at radius 1 is 1.00 bits per heavy atom. The van der Waals surface area contributed by atoms with Gasteiger partial charge in [0.2, 0.25) is 0 Å². The second kappa shape index (κ2) is 5.16. The molecule has 0 saturated heterocycles. The molecular formula is C14H26O. The van der Waals surface area contributed by atoms with Crippen molar-refractivity contribution >= 4 is 0 Å². The van der Waals surface area contributed by atoms with Gasteiger partial charge in [-0.15, -0.1) is 0 Å². The van der Waals surface area contributed by atoms with Crippen molar-refractivity contribution < 1.29 is 4.74 Å². The first kappa shape index (κ1) is 12.8. The molecule has 0 saturated carbocycles. The molecule has 1 aliphatic carbocycles. The Hall–Kier alpha value is -0.300. The van der Waals surface area contributed by atoms with E-state index in [9.17, 15) is 0 Å². The van der Waals surface area contributed by atoms with Gasteiger partial charge in [0.1, 0.15) is 6.10 Å². The van der Waals surface area contributed by atoms with Crippen LogP contribution in [0.2, 0.25) is 0 Å². The smallest absolute Gasteiger partial charge is 0.100 e. The number of rotatable bonds is 6. The zero-order chi connectivity index (χ0) is 11.5. The molecule has 0 N–H and O–H groups in total. The molecule has 88 valence electrons. The summed E-state index contributed by atoms with van der Waals surface area (Å²) in [6, 6.07) is 0. The molecule has 0 bridgehead atoms. The van der Waals surface area contributed by atoms with Gasteiger partial charge in [-0.1, -0.05) is 47.5 Å². The molecule has 0 aromatic carbocycles. The minimum Gasteiger partial charge on any atom is -0.369 e. The highest BCUT2D eigenvalue weighted by molar-refractivity contribution is 5.43. The normalized spacial score (nSPS) is 17.4. The molecule has 0 heterocycles.